The van der Waals surface area contributed by atoms with Crippen molar-refractivity contribution in [3.8, 4) is 0 Å². The highest BCUT2D eigenvalue weighted by Gasteiger charge is 2.27. The predicted octanol–water partition coefficient (Wildman–Crippen LogP) is 2.16. The second-order valence-electron chi connectivity index (χ2n) is 6.29. The average Bonchev–Trinajstić information content (AvgIpc) is 2.71. The molecule has 0 heterocycles. The first kappa shape index (κ1) is 21.4. The minimum Gasteiger partial charge on any atom is -0.354 e. The van der Waals surface area contributed by atoms with Crippen LogP contribution in [-0.4, -0.2) is 39.9 Å². The van der Waals surface area contributed by atoms with Crippen molar-refractivity contribution in [1.29, 1.82) is 0 Å². The topological polar surface area (TPSA) is 95.6 Å². The highest BCUT2D eigenvalue weighted by atomic mass is 32.2. The van der Waals surface area contributed by atoms with Gasteiger partial charge in [0.2, 0.25) is 5.91 Å². The molecular formula is C20H25N3O4S. The third-order valence-electron chi connectivity index (χ3n) is 4.18. The Bertz CT molecular complexity index is 929. The molecule has 0 saturated heterocycles. The second kappa shape index (κ2) is 9.36. The van der Waals surface area contributed by atoms with Gasteiger partial charge in [-0.2, -0.15) is 0 Å². The first-order chi connectivity index (χ1) is 13.3. The largest absolute Gasteiger partial charge is 0.354 e. The molecule has 0 radical (unpaired) electrons. The Balaban J connectivity index is 2.29. The van der Waals surface area contributed by atoms with Crippen LogP contribution in [0.1, 0.15) is 30.6 Å². The Hall–Kier alpha value is -2.87. The molecule has 2 N–H and O–H groups in total. The zero-order chi connectivity index (χ0) is 20.7. The van der Waals surface area contributed by atoms with Gasteiger partial charge in [-0.15, -0.1) is 0 Å². The summed E-state index contributed by atoms with van der Waals surface area (Å²) < 4.78 is 27.3. The molecule has 8 heteroatoms. The van der Waals surface area contributed by atoms with E-state index in [1.165, 1.54) is 19.2 Å². The fraction of sp³-hybridized carbons (Fsp3) is 0.300. The lowest BCUT2D eigenvalue weighted by Crippen LogP contribution is -2.45. The van der Waals surface area contributed by atoms with E-state index in [9.17, 15) is 18.0 Å². The number of benzene rings is 2. The van der Waals surface area contributed by atoms with E-state index in [4.69, 9.17) is 0 Å². The van der Waals surface area contributed by atoms with Gasteiger partial charge in [0.1, 0.15) is 10.9 Å². The van der Waals surface area contributed by atoms with Gasteiger partial charge in [0.15, 0.2) is 0 Å². The molecule has 2 aromatic rings. The zero-order valence-electron chi connectivity index (χ0n) is 16.2. The molecule has 7 nitrogen and oxygen atoms in total. The van der Waals surface area contributed by atoms with Crippen LogP contribution in [-0.2, 0) is 14.8 Å². The Labute approximate surface area is 165 Å². The lowest BCUT2D eigenvalue weighted by molar-refractivity contribution is -0.122. The van der Waals surface area contributed by atoms with Gasteiger partial charge < -0.3 is 10.6 Å². The van der Waals surface area contributed by atoms with Crippen LogP contribution >= 0.6 is 0 Å². The predicted molar refractivity (Wildman–Crippen MR) is 109 cm³/mol. The highest BCUT2D eigenvalue weighted by Crippen LogP contribution is 2.24. The normalized spacial score (nSPS) is 12.1. The van der Waals surface area contributed by atoms with Crippen molar-refractivity contribution in [3.05, 3.63) is 60.2 Å². The molecule has 0 saturated carbocycles. The number of nitrogens with one attached hydrogen (secondary N) is 2. The van der Waals surface area contributed by atoms with Gasteiger partial charge in [-0.05, 0) is 37.6 Å². The molecule has 0 aliphatic heterocycles. The van der Waals surface area contributed by atoms with Gasteiger partial charge >= 0.3 is 0 Å². The number of rotatable bonds is 8. The molecule has 150 valence electrons. The van der Waals surface area contributed by atoms with Crippen LogP contribution in [0.3, 0.4) is 0 Å². The number of amides is 2. The summed E-state index contributed by atoms with van der Waals surface area (Å²) in [6.07, 6.45) is 0.777. The van der Waals surface area contributed by atoms with Crippen LogP contribution in [0.25, 0.3) is 0 Å². The maximum Gasteiger partial charge on any atom is 0.264 e. The summed E-state index contributed by atoms with van der Waals surface area (Å²) in [4.78, 5) is 24.6. The number of carbonyl (C=O) groups is 2. The van der Waals surface area contributed by atoms with Crippen LogP contribution < -0.4 is 14.9 Å². The maximum atomic E-state index is 13.1. The van der Waals surface area contributed by atoms with Crippen molar-refractivity contribution in [2.45, 2.75) is 31.2 Å². The van der Waals surface area contributed by atoms with E-state index in [0.29, 0.717) is 12.2 Å². The molecule has 28 heavy (non-hydrogen) atoms. The van der Waals surface area contributed by atoms with Gasteiger partial charge in [-0.1, -0.05) is 37.3 Å². The van der Waals surface area contributed by atoms with Gasteiger partial charge in [-0.25, -0.2) is 8.42 Å². The molecule has 2 amide bonds. The van der Waals surface area contributed by atoms with Gasteiger partial charge in [-0.3, -0.25) is 13.9 Å². The number of anilines is 1. The minimum atomic E-state index is -3.97. The van der Waals surface area contributed by atoms with E-state index in [1.807, 2.05) is 6.92 Å². The van der Waals surface area contributed by atoms with Gasteiger partial charge in [0, 0.05) is 13.6 Å². The SMILES string of the molecule is CCCNC(=O)C(C)NC(=O)c1ccccc1S(=O)(=O)N(C)c1ccccc1. The summed E-state index contributed by atoms with van der Waals surface area (Å²) >= 11 is 0. The molecule has 1 unspecified atom stereocenters. The molecule has 2 aromatic carbocycles. The van der Waals surface area contributed by atoms with Gasteiger partial charge in [0.05, 0.1) is 11.3 Å². The van der Waals surface area contributed by atoms with Crippen LogP contribution in [0, 0.1) is 0 Å². The zero-order valence-corrected chi connectivity index (χ0v) is 17.0. The summed E-state index contributed by atoms with van der Waals surface area (Å²) in [7, 11) is -2.54. The van der Waals surface area contributed by atoms with Crippen LogP contribution in [0.5, 0.6) is 0 Å². The fourth-order valence-corrected chi connectivity index (χ4v) is 3.93. The smallest absolute Gasteiger partial charge is 0.264 e. The first-order valence-corrected chi connectivity index (χ1v) is 10.4. The van der Waals surface area contributed by atoms with Crippen LogP contribution in [0.4, 0.5) is 5.69 Å². The van der Waals surface area contributed by atoms with E-state index in [2.05, 4.69) is 10.6 Å². The van der Waals surface area contributed by atoms with Crippen molar-refractivity contribution >= 4 is 27.5 Å². The van der Waals surface area contributed by atoms with Crippen LogP contribution in [0.15, 0.2) is 59.5 Å². The van der Waals surface area contributed by atoms with Crippen molar-refractivity contribution in [3.63, 3.8) is 0 Å². The second-order valence-corrected chi connectivity index (χ2v) is 8.23. The first-order valence-electron chi connectivity index (χ1n) is 9.00. The summed E-state index contributed by atoms with van der Waals surface area (Å²) in [6.45, 7) is 3.98. The number of para-hydroxylation sites is 1. The molecule has 0 bridgehead atoms. The Morgan fingerprint density at radius 1 is 1.04 bits per heavy atom. The number of hydrogen-bond donors (Lipinski definition) is 2. The Morgan fingerprint density at radius 2 is 1.64 bits per heavy atom. The number of nitrogens with zero attached hydrogens (tertiary/aromatic N) is 1. The van der Waals surface area contributed by atoms with E-state index < -0.39 is 22.0 Å². The molecular weight excluding hydrogens is 378 g/mol. The Morgan fingerprint density at radius 3 is 2.29 bits per heavy atom. The van der Waals surface area contributed by atoms with Crippen molar-refractivity contribution in [1.82, 2.24) is 10.6 Å². The molecule has 0 spiro atoms. The average molecular weight is 404 g/mol. The third kappa shape index (κ3) is 4.89. The number of carbonyl (C=O) groups excluding carboxylic acids is 2. The fourth-order valence-electron chi connectivity index (χ4n) is 2.54. The summed E-state index contributed by atoms with van der Waals surface area (Å²) in [5, 5.41) is 5.26. The standard InChI is InChI=1S/C20H25N3O4S/c1-4-14-21-19(24)15(2)22-20(25)17-12-8-9-13-18(17)28(26,27)23(3)16-10-6-5-7-11-16/h5-13,15H,4,14H2,1-3H3,(H,21,24)(H,22,25). The summed E-state index contributed by atoms with van der Waals surface area (Å²) in [6, 6.07) is 13.7. The molecule has 0 aliphatic rings. The molecule has 2 rings (SSSR count). The lowest BCUT2D eigenvalue weighted by atomic mass is 10.2. The van der Waals surface area contributed by atoms with Crippen molar-refractivity contribution < 1.29 is 18.0 Å². The lowest BCUT2D eigenvalue weighted by Gasteiger charge is -2.21. The summed E-state index contributed by atoms with van der Waals surface area (Å²) in [5.41, 5.74) is 0.463. The molecule has 0 aromatic heterocycles. The monoisotopic (exact) mass is 403 g/mol. The van der Waals surface area contributed by atoms with Crippen LogP contribution in [0.2, 0.25) is 0 Å². The number of sulfonamides is 1. The maximum absolute atomic E-state index is 13.1. The molecule has 0 fully saturated rings. The quantitative estimate of drug-likeness (QED) is 0.706. The molecule has 1 atom stereocenters. The Kier molecular flexibility index (Phi) is 7.17. The van der Waals surface area contributed by atoms with E-state index in [-0.39, 0.29) is 16.4 Å². The van der Waals surface area contributed by atoms with E-state index >= 15 is 0 Å². The third-order valence-corrected chi connectivity index (χ3v) is 6.02. The minimum absolute atomic E-state index is 0.0135. The molecule has 0 aliphatic carbocycles. The van der Waals surface area contributed by atoms with E-state index in [1.54, 1.807) is 49.4 Å². The van der Waals surface area contributed by atoms with Gasteiger partial charge in [0.25, 0.3) is 15.9 Å². The number of hydrogen-bond acceptors (Lipinski definition) is 4. The summed E-state index contributed by atoms with van der Waals surface area (Å²) in [5.74, 6) is -0.947. The van der Waals surface area contributed by atoms with Crippen molar-refractivity contribution in [2.24, 2.45) is 0 Å². The van der Waals surface area contributed by atoms with E-state index in [0.717, 1.165) is 10.7 Å². The van der Waals surface area contributed by atoms with Crippen molar-refractivity contribution in [2.75, 3.05) is 17.9 Å². The highest BCUT2D eigenvalue weighted by molar-refractivity contribution is 7.92.